The molecule has 1 N–H and O–H groups in total. The van der Waals surface area contributed by atoms with E-state index >= 15 is 0 Å². The topological polar surface area (TPSA) is 45.6 Å². The third-order valence-corrected chi connectivity index (χ3v) is 3.55. The Morgan fingerprint density at radius 1 is 1.50 bits per heavy atom. The van der Waals surface area contributed by atoms with Crippen molar-refractivity contribution in [2.45, 2.75) is 39.1 Å². The van der Waals surface area contributed by atoms with Gasteiger partial charge < -0.3 is 14.7 Å². The second-order valence-electron chi connectivity index (χ2n) is 4.39. The van der Waals surface area contributed by atoms with Crippen molar-refractivity contribution in [1.82, 2.24) is 4.98 Å². The Balaban J connectivity index is 2.10. The molecule has 1 aliphatic heterocycles. The number of thiazole rings is 1. The van der Waals surface area contributed by atoms with Crippen LogP contribution in [0.1, 0.15) is 32.6 Å². The van der Waals surface area contributed by atoms with Crippen LogP contribution in [0.25, 0.3) is 0 Å². The zero-order valence-corrected chi connectivity index (χ0v) is 10.7. The number of hydrogen-bond acceptors (Lipinski definition) is 5. The molecule has 0 spiro atoms. The summed E-state index contributed by atoms with van der Waals surface area (Å²) >= 11 is 1.59. The van der Waals surface area contributed by atoms with Crippen LogP contribution in [0.2, 0.25) is 0 Å². The summed E-state index contributed by atoms with van der Waals surface area (Å²) < 4.78 is 5.68. The van der Waals surface area contributed by atoms with Gasteiger partial charge in [-0.15, -0.1) is 11.3 Å². The number of ether oxygens (including phenoxy) is 1. The molecule has 0 bridgehead atoms. The average Bonchev–Trinajstić information content (AvgIpc) is 2.64. The van der Waals surface area contributed by atoms with Crippen LogP contribution in [0.15, 0.2) is 5.38 Å². The first-order valence-electron chi connectivity index (χ1n) is 5.60. The molecule has 3 atom stereocenters. The Morgan fingerprint density at radius 3 is 2.62 bits per heavy atom. The summed E-state index contributed by atoms with van der Waals surface area (Å²) in [5.74, 6) is 0. The third kappa shape index (κ3) is 2.53. The molecule has 1 fully saturated rings. The van der Waals surface area contributed by atoms with E-state index in [2.05, 4.69) is 23.7 Å². The normalized spacial score (nSPS) is 28.1. The number of hydrogen-bond donors (Lipinski definition) is 1. The van der Waals surface area contributed by atoms with E-state index in [0.29, 0.717) is 0 Å². The van der Waals surface area contributed by atoms with Gasteiger partial charge in [-0.2, -0.15) is 0 Å². The van der Waals surface area contributed by atoms with Crippen molar-refractivity contribution >= 4 is 16.5 Å². The van der Waals surface area contributed by atoms with Crippen molar-refractivity contribution < 1.29 is 9.84 Å². The van der Waals surface area contributed by atoms with E-state index < -0.39 is 6.10 Å². The lowest BCUT2D eigenvalue weighted by Crippen LogP contribution is -2.45. The van der Waals surface area contributed by atoms with Gasteiger partial charge in [-0.25, -0.2) is 4.98 Å². The van der Waals surface area contributed by atoms with Gasteiger partial charge in [0.1, 0.15) is 0 Å². The minimum Gasteiger partial charge on any atom is -0.387 e. The number of aromatic nitrogens is 1. The van der Waals surface area contributed by atoms with E-state index in [4.69, 9.17) is 4.74 Å². The number of aliphatic hydroxyl groups excluding tert-OH is 1. The van der Waals surface area contributed by atoms with Gasteiger partial charge in [-0.3, -0.25) is 0 Å². The second-order valence-corrected chi connectivity index (χ2v) is 5.23. The molecule has 5 heteroatoms. The summed E-state index contributed by atoms with van der Waals surface area (Å²) in [6, 6.07) is 0. The molecule has 1 aromatic heterocycles. The maximum absolute atomic E-state index is 9.44. The van der Waals surface area contributed by atoms with E-state index in [0.717, 1.165) is 23.9 Å². The molecule has 16 heavy (non-hydrogen) atoms. The second kappa shape index (κ2) is 4.69. The minimum absolute atomic E-state index is 0.239. The highest BCUT2D eigenvalue weighted by Gasteiger charge is 2.24. The summed E-state index contributed by atoms with van der Waals surface area (Å²) in [6.45, 7) is 7.63. The number of rotatable bonds is 2. The first kappa shape index (κ1) is 11.8. The van der Waals surface area contributed by atoms with Gasteiger partial charge in [0.15, 0.2) is 5.13 Å². The van der Waals surface area contributed by atoms with Crippen LogP contribution < -0.4 is 4.90 Å². The summed E-state index contributed by atoms with van der Waals surface area (Å²) in [4.78, 5) is 6.67. The van der Waals surface area contributed by atoms with Crippen LogP contribution >= 0.6 is 11.3 Å². The maximum atomic E-state index is 9.44. The Morgan fingerprint density at radius 2 is 2.12 bits per heavy atom. The number of anilines is 1. The van der Waals surface area contributed by atoms with Gasteiger partial charge in [0.05, 0.1) is 24.0 Å². The van der Waals surface area contributed by atoms with Crippen molar-refractivity contribution in [3.05, 3.63) is 11.1 Å². The van der Waals surface area contributed by atoms with Crippen molar-refractivity contribution in [1.29, 1.82) is 0 Å². The van der Waals surface area contributed by atoms with Gasteiger partial charge in [-0.05, 0) is 20.8 Å². The molecule has 1 unspecified atom stereocenters. The molecule has 2 rings (SSSR count). The predicted octanol–water partition coefficient (Wildman–Crippen LogP) is 1.81. The Kier molecular flexibility index (Phi) is 3.47. The molecule has 0 aromatic carbocycles. The molecule has 2 heterocycles. The third-order valence-electron chi connectivity index (χ3n) is 2.63. The highest BCUT2D eigenvalue weighted by molar-refractivity contribution is 7.13. The van der Waals surface area contributed by atoms with Crippen LogP contribution in [0.5, 0.6) is 0 Å². The van der Waals surface area contributed by atoms with Gasteiger partial charge in [0, 0.05) is 18.5 Å². The fourth-order valence-corrected chi connectivity index (χ4v) is 2.88. The molecule has 1 aliphatic rings. The van der Waals surface area contributed by atoms with Crippen LogP contribution in [0.4, 0.5) is 5.13 Å². The fourth-order valence-electron chi connectivity index (χ4n) is 1.95. The number of aliphatic hydroxyl groups is 1. The molecule has 90 valence electrons. The Labute approximate surface area is 99.9 Å². The van der Waals surface area contributed by atoms with E-state index in [9.17, 15) is 5.11 Å². The molecule has 1 saturated heterocycles. The highest BCUT2D eigenvalue weighted by atomic mass is 32.1. The van der Waals surface area contributed by atoms with Crippen molar-refractivity contribution in [3.63, 3.8) is 0 Å². The Bertz CT molecular complexity index is 344. The van der Waals surface area contributed by atoms with Crippen LogP contribution in [-0.4, -0.2) is 35.4 Å². The van der Waals surface area contributed by atoms with Crippen molar-refractivity contribution in [2.75, 3.05) is 18.0 Å². The van der Waals surface area contributed by atoms with E-state index in [1.165, 1.54) is 0 Å². The van der Waals surface area contributed by atoms with Crippen LogP contribution in [0, 0.1) is 0 Å². The first-order chi connectivity index (χ1) is 7.56. The van der Waals surface area contributed by atoms with E-state index in [1.54, 1.807) is 18.3 Å². The molecule has 4 nitrogen and oxygen atoms in total. The highest BCUT2D eigenvalue weighted by Crippen LogP contribution is 2.26. The zero-order chi connectivity index (χ0) is 11.7. The van der Waals surface area contributed by atoms with Crippen LogP contribution in [-0.2, 0) is 4.74 Å². The molecule has 0 radical (unpaired) electrons. The van der Waals surface area contributed by atoms with E-state index in [-0.39, 0.29) is 12.2 Å². The standard InChI is InChI=1S/C11H18N2O2S/c1-7-4-13(5-8(2)15-7)11-12-10(6-16-11)9(3)14/h6-9,14H,4-5H2,1-3H3/t7-,8+,9?. The summed E-state index contributed by atoms with van der Waals surface area (Å²) in [6.07, 6.45) is -0.00816. The number of nitrogens with zero attached hydrogens (tertiary/aromatic N) is 2. The molecule has 0 saturated carbocycles. The number of morpholine rings is 1. The lowest BCUT2D eigenvalue weighted by atomic mass is 10.2. The fraction of sp³-hybridized carbons (Fsp3) is 0.727. The molecule has 1 aromatic rings. The molecule has 0 aliphatic carbocycles. The first-order valence-corrected chi connectivity index (χ1v) is 6.48. The lowest BCUT2D eigenvalue weighted by Gasteiger charge is -2.35. The lowest BCUT2D eigenvalue weighted by molar-refractivity contribution is -0.00524. The van der Waals surface area contributed by atoms with Gasteiger partial charge >= 0.3 is 0 Å². The van der Waals surface area contributed by atoms with Gasteiger partial charge in [0.25, 0.3) is 0 Å². The summed E-state index contributed by atoms with van der Waals surface area (Å²) in [5, 5.41) is 12.3. The molecular formula is C11H18N2O2S. The monoisotopic (exact) mass is 242 g/mol. The average molecular weight is 242 g/mol. The Hall–Kier alpha value is -0.650. The minimum atomic E-state index is -0.485. The molecule has 0 amide bonds. The molecular weight excluding hydrogens is 224 g/mol. The van der Waals surface area contributed by atoms with Crippen molar-refractivity contribution in [2.24, 2.45) is 0 Å². The SMILES string of the molecule is CC(O)c1csc(N2C[C@@H](C)O[C@@H](C)C2)n1. The predicted molar refractivity (Wildman–Crippen MR) is 65.0 cm³/mol. The van der Waals surface area contributed by atoms with Crippen molar-refractivity contribution in [3.8, 4) is 0 Å². The summed E-state index contributed by atoms with van der Waals surface area (Å²) in [5.41, 5.74) is 0.756. The van der Waals surface area contributed by atoms with Gasteiger partial charge in [0.2, 0.25) is 0 Å². The summed E-state index contributed by atoms with van der Waals surface area (Å²) in [7, 11) is 0. The smallest absolute Gasteiger partial charge is 0.185 e. The van der Waals surface area contributed by atoms with Gasteiger partial charge in [-0.1, -0.05) is 0 Å². The largest absolute Gasteiger partial charge is 0.387 e. The van der Waals surface area contributed by atoms with Crippen LogP contribution in [0.3, 0.4) is 0 Å². The zero-order valence-electron chi connectivity index (χ0n) is 9.88. The van der Waals surface area contributed by atoms with E-state index in [1.807, 2.05) is 5.38 Å². The quantitative estimate of drug-likeness (QED) is 0.859. The maximum Gasteiger partial charge on any atom is 0.185 e.